The van der Waals surface area contributed by atoms with Crippen LogP contribution in [0, 0.1) is 15.5 Å². The Morgan fingerprint density at radius 3 is 2.33 bits per heavy atom. The zero-order chi connectivity index (χ0) is 25.4. The number of hydrogen-bond acceptors (Lipinski definition) is 6. The number of nitro benzene ring substituents is 1. The Balaban J connectivity index is 1.68. The average Bonchev–Trinajstić information content (AvgIpc) is 3.30. The van der Waals surface area contributed by atoms with Gasteiger partial charge >= 0.3 is 0 Å². The minimum atomic E-state index is -1.66. The van der Waals surface area contributed by atoms with E-state index in [-0.39, 0.29) is 23.0 Å². The number of rotatable bonds is 3. The van der Waals surface area contributed by atoms with Gasteiger partial charge < -0.3 is 4.90 Å². The summed E-state index contributed by atoms with van der Waals surface area (Å²) in [4.78, 5) is 54.8. The number of fused-ring (bicyclic) bond motifs is 5. The van der Waals surface area contributed by atoms with Crippen LogP contribution in [0.5, 0.6) is 0 Å². The molecule has 178 valence electrons. The number of halogens is 1. The van der Waals surface area contributed by atoms with Crippen molar-refractivity contribution in [2.45, 2.75) is 24.9 Å². The first-order valence-electron chi connectivity index (χ1n) is 11.5. The maximum absolute atomic E-state index is 14.3. The molecule has 2 aliphatic heterocycles. The van der Waals surface area contributed by atoms with Crippen molar-refractivity contribution in [3.63, 3.8) is 0 Å². The van der Waals surface area contributed by atoms with E-state index in [1.165, 1.54) is 25.1 Å². The van der Waals surface area contributed by atoms with Gasteiger partial charge in [0.1, 0.15) is 5.41 Å². The summed E-state index contributed by atoms with van der Waals surface area (Å²) < 4.78 is 0. The summed E-state index contributed by atoms with van der Waals surface area (Å²) in [5, 5.41) is 12.1. The highest BCUT2D eigenvalue weighted by Gasteiger charge is 2.71. The molecule has 1 aliphatic carbocycles. The zero-order valence-electron chi connectivity index (χ0n) is 19.1. The molecule has 3 aromatic carbocycles. The zero-order valence-corrected chi connectivity index (χ0v) is 19.8. The Kier molecular flexibility index (Phi) is 4.78. The predicted octanol–water partition coefficient (Wildman–Crippen LogP) is 5.27. The van der Waals surface area contributed by atoms with Gasteiger partial charge in [0, 0.05) is 39.9 Å². The summed E-state index contributed by atoms with van der Waals surface area (Å²) in [6.45, 7) is 1.43. The van der Waals surface area contributed by atoms with Gasteiger partial charge in [0.15, 0.2) is 17.3 Å². The number of carbonyl (C=O) groups excluding carboxylic acids is 3. The van der Waals surface area contributed by atoms with E-state index in [2.05, 4.69) is 0 Å². The summed E-state index contributed by atoms with van der Waals surface area (Å²) in [6.07, 6.45) is 3.61. The Labute approximate surface area is 211 Å². The Morgan fingerprint density at radius 2 is 1.69 bits per heavy atom. The first-order valence-corrected chi connectivity index (χ1v) is 11.8. The van der Waals surface area contributed by atoms with Crippen LogP contribution in [-0.4, -0.2) is 34.4 Å². The van der Waals surface area contributed by atoms with Crippen LogP contribution in [0.2, 0.25) is 5.02 Å². The first kappa shape index (κ1) is 22.4. The summed E-state index contributed by atoms with van der Waals surface area (Å²) >= 11 is 6.23. The molecule has 1 fully saturated rings. The Bertz CT molecular complexity index is 1510. The van der Waals surface area contributed by atoms with E-state index in [1.807, 2.05) is 11.0 Å². The van der Waals surface area contributed by atoms with Gasteiger partial charge in [-0.2, -0.15) is 0 Å². The molecule has 0 bridgehead atoms. The second-order valence-corrected chi connectivity index (χ2v) is 9.81. The lowest BCUT2D eigenvalue weighted by Crippen LogP contribution is -2.48. The normalized spacial score (nSPS) is 22.9. The number of benzene rings is 3. The molecule has 36 heavy (non-hydrogen) atoms. The van der Waals surface area contributed by atoms with Crippen molar-refractivity contribution in [2.24, 2.45) is 5.41 Å². The van der Waals surface area contributed by atoms with E-state index < -0.39 is 28.3 Å². The predicted molar refractivity (Wildman–Crippen MR) is 135 cm³/mol. The molecule has 1 saturated heterocycles. The van der Waals surface area contributed by atoms with Crippen LogP contribution in [0.3, 0.4) is 0 Å². The molecule has 0 N–H and O–H groups in total. The fourth-order valence-corrected chi connectivity index (χ4v) is 6.49. The maximum Gasteiger partial charge on any atom is 0.269 e. The molecule has 0 amide bonds. The van der Waals surface area contributed by atoms with Crippen LogP contribution < -0.4 is 4.90 Å². The molecule has 0 unspecified atom stereocenters. The molecule has 8 heteroatoms. The fraction of sp³-hybridized carbons (Fsp3) is 0.179. The molecule has 0 radical (unpaired) electrons. The number of non-ortho nitro benzene ring substituents is 1. The topological polar surface area (TPSA) is 97.6 Å². The third kappa shape index (κ3) is 2.77. The number of ketones is 3. The monoisotopic (exact) mass is 498 g/mol. The van der Waals surface area contributed by atoms with Crippen molar-refractivity contribution in [1.82, 2.24) is 0 Å². The molecule has 3 aliphatic rings. The lowest BCUT2D eigenvalue weighted by atomic mass is 9.64. The van der Waals surface area contributed by atoms with Crippen LogP contribution in [-0.2, 0) is 4.79 Å². The van der Waals surface area contributed by atoms with Crippen molar-refractivity contribution < 1.29 is 19.3 Å². The van der Waals surface area contributed by atoms with Gasteiger partial charge in [-0.3, -0.25) is 24.5 Å². The molecule has 6 rings (SSSR count). The molecule has 0 aromatic heterocycles. The third-order valence-corrected chi connectivity index (χ3v) is 7.86. The highest BCUT2D eigenvalue weighted by atomic mass is 35.5. The maximum atomic E-state index is 14.3. The highest BCUT2D eigenvalue weighted by molar-refractivity contribution is 6.32. The van der Waals surface area contributed by atoms with Gasteiger partial charge in [0.05, 0.1) is 17.0 Å². The highest BCUT2D eigenvalue weighted by Crippen LogP contribution is 2.60. The standard InChI is InChI=1S/C28H19ClN2O5/c1-15(32)25-24(17-5-4-6-19(14-17)31(35)36)28(26(33)20-7-2-3-8-21(20)27(28)34)23-12-9-16-13-18(29)10-11-22(16)30(23)25/h2-14,23-25H,1H3/t23-,24-,25+/m1/s1. The summed E-state index contributed by atoms with van der Waals surface area (Å²) in [6, 6.07) is 16.1. The molecular formula is C28H19ClN2O5. The van der Waals surface area contributed by atoms with Crippen LogP contribution in [0.4, 0.5) is 11.4 Å². The average molecular weight is 499 g/mol. The smallest absolute Gasteiger partial charge is 0.269 e. The summed E-state index contributed by atoms with van der Waals surface area (Å²) in [7, 11) is 0. The lowest BCUT2D eigenvalue weighted by molar-refractivity contribution is -0.384. The van der Waals surface area contributed by atoms with E-state index in [0.717, 1.165) is 5.56 Å². The SMILES string of the molecule is CC(=O)[C@H]1[C@@H](c2cccc([N+](=O)[O-])c2)C2(C(=O)c3ccccc3C2=O)[C@H]2C=Cc3cc(Cl)ccc3N12. The number of anilines is 1. The van der Waals surface area contributed by atoms with Crippen molar-refractivity contribution in [3.8, 4) is 0 Å². The third-order valence-electron chi connectivity index (χ3n) is 7.62. The minimum absolute atomic E-state index is 0.173. The van der Waals surface area contributed by atoms with E-state index in [0.29, 0.717) is 27.4 Å². The quantitative estimate of drug-likeness (QED) is 0.277. The Morgan fingerprint density at radius 1 is 1.00 bits per heavy atom. The van der Waals surface area contributed by atoms with Crippen molar-refractivity contribution in [3.05, 3.63) is 110 Å². The Hall–Kier alpha value is -4.10. The van der Waals surface area contributed by atoms with E-state index in [1.54, 1.807) is 54.6 Å². The number of Topliss-reactive ketones (excluding diaryl/α,β-unsaturated/α-hetero) is 3. The second kappa shape index (κ2) is 7.70. The fourth-order valence-electron chi connectivity index (χ4n) is 6.31. The van der Waals surface area contributed by atoms with Crippen LogP contribution in [0.25, 0.3) is 6.08 Å². The van der Waals surface area contributed by atoms with Gasteiger partial charge in [0.25, 0.3) is 5.69 Å². The number of nitro groups is 1. The minimum Gasteiger partial charge on any atom is -0.352 e. The molecule has 3 aromatic rings. The molecular weight excluding hydrogens is 480 g/mol. The van der Waals surface area contributed by atoms with Crippen molar-refractivity contribution in [1.29, 1.82) is 0 Å². The van der Waals surface area contributed by atoms with Gasteiger partial charge in [-0.25, -0.2) is 0 Å². The van der Waals surface area contributed by atoms with E-state index in [9.17, 15) is 24.5 Å². The number of hydrogen-bond donors (Lipinski definition) is 0. The molecule has 2 heterocycles. The molecule has 1 spiro atoms. The van der Waals surface area contributed by atoms with Crippen LogP contribution in [0.15, 0.2) is 72.8 Å². The summed E-state index contributed by atoms with van der Waals surface area (Å²) in [5.41, 5.74) is 0.606. The number of carbonyl (C=O) groups is 3. The molecule has 0 saturated carbocycles. The van der Waals surface area contributed by atoms with Gasteiger partial charge in [-0.15, -0.1) is 0 Å². The van der Waals surface area contributed by atoms with E-state index >= 15 is 0 Å². The van der Waals surface area contributed by atoms with Gasteiger partial charge in [0.2, 0.25) is 0 Å². The molecule has 3 atom stereocenters. The molecule has 7 nitrogen and oxygen atoms in total. The van der Waals surface area contributed by atoms with Crippen molar-refractivity contribution in [2.75, 3.05) is 4.90 Å². The summed E-state index contributed by atoms with van der Waals surface area (Å²) in [5.74, 6) is -1.94. The van der Waals surface area contributed by atoms with E-state index in [4.69, 9.17) is 11.6 Å². The lowest BCUT2D eigenvalue weighted by Gasteiger charge is -2.37. The van der Waals surface area contributed by atoms with Crippen LogP contribution in [0.1, 0.15) is 44.7 Å². The number of nitrogens with zero attached hydrogens (tertiary/aromatic N) is 2. The van der Waals surface area contributed by atoms with Crippen molar-refractivity contribution >= 4 is 46.4 Å². The van der Waals surface area contributed by atoms with Gasteiger partial charge in [-0.1, -0.05) is 60.2 Å². The second-order valence-electron chi connectivity index (χ2n) is 9.37. The van der Waals surface area contributed by atoms with Crippen LogP contribution >= 0.6 is 11.6 Å². The largest absolute Gasteiger partial charge is 0.352 e. The van der Waals surface area contributed by atoms with Gasteiger partial charge in [-0.05, 0) is 36.2 Å². The first-order chi connectivity index (χ1) is 17.3.